The fourth-order valence-corrected chi connectivity index (χ4v) is 10.8. The molecule has 246 valence electrons. The molecule has 0 heterocycles. The van der Waals surface area contributed by atoms with E-state index in [0.29, 0.717) is 11.8 Å². The Kier molecular flexibility index (Phi) is 6.31. The van der Waals surface area contributed by atoms with Crippen LogP contribution in [0, 0.1) is 11.8 Å². The van der Waals surface area contributed by atoms with E-state index in [0.717, 1.165) is 19.3 Å². The van der Waals surface area contributed by atoms with Gasteiger partial charge in [0.2, 0.25) is 0 Å². The van der Waals surface area contributed by atoms with E-state index >= 15 is 0 Å². The monoisotopic (exact) mass is 654 g/mol. The molecule has 0 aliphatic heterocycles. The summed E-state index contributed by atoms with van der Waals surface area (Å²) in [7, 11) is 0. The summed E-state index contributed by atoms with van der Waals surface area (Å²) in [5.41, 5.74) is 17.9. The SMILES string of the molecule is CC1(C)c2ccc(C3=CCCC(C4=CC5=C(CC4)C4=C(C=CCC4)C4C=CC=CC54)=C3)cc2-c2ccc3c4ccccc4c4ccccc4c3c21. The van der Waals surface area contributed by atoms with Crippen LogP contribution in [-0.4, -0.2) is 0 Å². The van der Waals surface area contributed by atoms with Crippen molar-refractivity contribution >= 4 is 37.9 Å². The minimum absolute atomic E-state index is 0.0989. The molecule has 0 amide bonds. The zero-order valence-electron chi connectivity index (χ0n) is 29.6. The van der Waals surface area contributed by atoms with Crippen molar-refractivity contribution in [3.05, 3.63) is 184 Å². The fraction of sp³-hybridized carbons (Fsp3) is 0.216. The van der Waals surface area contributed by atoms with E-state index in [2.05, 4.69) is 147 Å². The first kappa shape index (κ1) is 29.5. The molecule has 0 nitrogen and oxygen atoms in total. The van der Waals surface area contributed by atoms with Gasteiger partial charge in [0.25, 0.3) is 0 Å². The zero-order chi connectivity index (χ0) is 33.8. The quantitative estimate of drug-likeness (QED) is 0.166. The van der Waals surface area contributed by atoms with Gasteiger partial charge >= 0.3 is 0 Å². The molecule has 0 spiro atoms. The van der Waals surface area contributed by atoms with E-state index in [1.807, 2.05) is 0 Å². The van der Waals surface area contributed by atoms with E-state index in [4.69, 9.17) is 0 Å². The third-order valence-electron chi connectivity index (χ3n) is 13.1. The van der Waals surface area contributed by atoms with Gasteiger partial charge in [0, 0.05) is 17.3 Å². The van der Waals surface area contributed by atoms with Crippen molar-refractivity contribution in [1.82, 2.24) is 0 Å². The van der Waals surface area contributed by atoms with Crippen LogP contribution in [0.25, 0.3) is 49.0 Å². The van der Waals surface area contributed by atoms with E-state index in [-0.39, 0.29) is 5.41 Å². The molecule has 2 atom stereocenters. The van der Waals surface area contributed by atoms with Crippen LogP contribution >= 0.6 is 0 Å². The van der Waals surface area contributed by atoms with Crippen LogP contribution in [0.3, 0.4) is 0 Å². The number of rotatable bonds is 2. The highest BCUT2D eigenvalue weighted by molar-refractivity contribution is 6.27. The van der Waals surface area contributed by atoms with Crippen LogP contribution in [0.1, 0.15) is 69.1 Å². The summed E-state index contributed by atoms with van der Waals surface area (Å²) < 4.78 is 0. The van der Waals surface area contributed by atoms with Crippen molar-refractivity contribution in [2.24, 2.45) is 11.8 Å². The molecule has 0 radical (unpaired) electrons. The molecule has 0 heteroatoms. The molecular weight excluding hydrogens is 613 g/mol. The average Bonchev–Trinajstić information content (AvgIpc) is 3.43. The normalized spacial score (nSPS) is 22.7. The lowest BCUT2D eigenvalue weighted by molar-refractivity contribution is 0.577. The van der Waals surface area contributed by atoms with Crippen LogP contribution in [0.4, 0.5) is 0 Å². The van der Waals surface area contributed by atoms with Gasteiger partial charge < -0.3 is 0 Å². The topological polar surface area (TPSA) is 0 Å². The second kappa shape index (κ2) is 10.9. The van der Waals surface area contributed by atoms with Gasteiger partial charge in [-0.15, -0.1) is 0 Å². The van der Waals surface area contributed by atoms with Crippen molar-refractivity contribution in [3.8, 4) is 11.1 Å². The summed E-state index contributed by atoms with van der Waals surface area (Å²) in [6.07, 6.45) is 28.8. The van der Waals surface area contributed by atoms with E-state index < -0.39 is 0 Å². The Hall–Kier alpha value is -5.20. The summed E-state index contributed by atoms with van der Waals surface area (Å²) >= 11 is 0. The van der Waals surface area contributed by atoms with Gasteiger partial charge in [-0.25, -0.2) is 0 Å². The van der Waals surface area contributed by atoms with Gasteiger partial charge in [0.05, 0.1) is 0 Å². The van der Waals surface area contributed by atoms with Crippen molar-refractivity contribution < 1.29 is 0 Å². The van der Waals surface area contributed by atoms with E-state index in [9.17, 15) is 0 Å². The number of allylic oxidation sites excluding steroid dienone is 16. The van der Waals surface area contributed by atoms with Gasteiger partial charge in [-0.3, -0.25) is 0 Å². The summed E-state index contributed by atoms with van der Waals surface area (Å²) in [5.74, 6) is 0.950. The number of hydrogen-bond donors (Lipinski definition) is 0. The summed E-state index contributed by atoms with van der Waals surface area (Å²) in [4.78, 5) is 0. The van der Waals surface area contributed by atoms with E-state index in [1.54, 1.807) is 33.4 Å². The maximum atomic E-state index is 2.62. The molecule has 11 rings (SSSR count). The Morgan fingerprint density at radius 3 is 2.08 bits per heavy atom. The van der Waals surface area contributed by atoms with E-state index in [1.165, 1.54) is 85.0 Å². The smallest absolute Gasteiger partial charge is 0.0165 e. The second-order valence-corrected chi connectivity index (χ2v) is 16.1. The first-order valence-electron chi connectivity index (χ1n) is 19.2. The predicted molar refractivity (Wildman–Crippen MR) is 217 cm³/mol. The van der Waals surface area contributed by atoms with Crippen LogP contribution in [0.2, 0.25) is 0 Å². The van der Waals surface area contributed by atoms with Gasteiger partial charge in [-0.2, -0.15) is 0 Å². The average molecular weight is 655 g/mol. The third-order valence-corrected chi connectivity index (χ3v) is 13.1. The molecule has 6 aliphatic rings. The Morgan fingerprint density at radius 1 is 0.588 bits per heavy atom. The highest BCUT2D eigenvalue weighted by Gasteiger charge is 2.39. The summed E-state index contributed by atoms with van der Waals surface area (Å²) in [6.45, 7) is 4.87. The number of benzene rings is 5. The minimum atomic E-state index is -0.0989. The fourth-order valence-electron chi connectivity index (χ4n) is 10.8. The first-order valence-corrected chi connectivity index (χ1v) is 19.2. The maximum Gasteiger partial charge on any atom is 0.0165 e. The highest BCUT2D eigenvalue weighted by atomic mass is 14.4. The summed E-state index contributed by atoms with van der Waals surface area (Å²) in [6, 6.07) is 30.1. The minimum Gasteiger partial charge on any atom is -0.0839 e. The highest BCUT2D eigenvalue weighted by Crippen LogP contribution is 2.55. The van der Waals surface area contributed by atoms with Gasteiger partial charge in [-0.1, -0.05) is 141 Å². The molecule has 6 aliphatic carbocycles. The molecule has 0 saturated heterocycles. The standard InChI is InChI=1S/C51H42/c1-51(2)48-27-23-34(30-47(48)45-26-25-44-40-19-7-5-17-38(40)39-18-9-10-21-43(39)49(44)50(45)51)32-13-11-12-31(28-32)33-22-24-42-37-16-4-3-14-35(37)36-15-6-8-20-41(36)46(42)29-33/h3,5-10,13-15,17-21,23,25-30,36,41H,4,11-12,16,22,24H2,1-2H3. The van der Waals surface area contributed by atoms with Crippen molar-refractivity contribution in [2.45, 2.75) is 57.8 Å². The number of hydrogen-bond acceptors (Lipinski definition) is 0. The summed E-state index contributed by atoms with van der Waals surface area (Å²) in [5, 5.41) is 8.18. The van der Waals surface area contributed by atoms with Crippen LogP contribution in [-0.2, 0) is 5.41 Å². The lowest BCUT2D eigenvalue weighted by Gasteiger charge is -2.39. The molecule has 0 aromatic heterocycles. The van der Waals surface area contributed by atoms with Crippen LogP contribution in [0.15, 0.2) is 167 Å². The van der Waals surface area contributed by atoms with Crippen molar-refractivity contribution in [2.75, 3.05) is 0 Å². The van der Waals surface area contributed by atoms with Gasteiger partial charge in [-0.05, 0) is 144 Å². The van der Waals surface area contributed by atoms with Crippen molar-refractivity contribution in [3.63, 3.8) is 0 Å². The second-order valence-electron chi connectivity index (χ2n) is 16.1. The Balaban J connectivity index is 1.01. The predicted octanol–water partition coefficient (Wildman–Crippen LogP) is 13.6. The van der Waals surface area contributed by atoms with Crippen LogP contribution in [0.5, 0.6) is 0 Å². The van der Waals surface area contributed by atoms with Crippen molar-refractivity contribution in [1.29, 1.82) is 0 Å². The lowest BCUT2D eigenvalue weighted by atomic mass is 9.65. The molecule has 0 saturated carbocycles. The Labute approximate surface area is 301 Å². The molecule has 0 N–H and O–H groups in total. The molecule has 5 aromatic rings. The van der Waals surface area contributed by atoms with Crippen LogP contribution < -0.4 is 0 Å². The molecular formula is C51H42. The molecule has 0 bridgehead atoms. The van der Waals surface area contributed by atoms with Gasteiger partial charge in [0.15, 0.2) is 0 Å². The number of fused-ring (bicyclic) bond motifs is 14. The maximum absolute atomic E-state index is 2.62. The largest absolute Gasteiger partial charge is 0.0839 e. The zero-order valence-corrected chi connectivity index (χ0v) is 29.6. The first-order chi connectivity index (χ1) is 25.1. The Morgan fingerprint density at radius 2 is 1.27 bits per heavy atom. The Bertz CT molecular complexity index is 2610. The molecule has 51 heavy (non-hydrogen) atoms. The lowest BCUT2D eigenvalue weighted by Crippen LogP contribution is -2.26. The molecule has 0 fully saturated rings. The van der Waals surface area contributed by atoms with Gasteiger partial charge in [0.1, 0.15) is 0 Å². The molecule has 5 aromatic carbocycles. The third kappa shape index (κ3) is 4.20. The molecule has 2 unspecified atom stereocenters.